The summed E-state index contributed by atoms with van der Waals surface area (Å²) >= 11 is 0. The Kier molecular flexibility index (Phi) is 5.65. The number of likely N-dealkylation sites (N-methyl/N-ethyl adjacent to an activating group) is 1. The van der Waals surface area contributed by atoms with Crippen molar-refractivity contribution in [3.8, 4) is 17.2 Å². The SMILES string of the molecule is COc1ccc(OC)c(C(=O)c2coc3ccc(O)c(CN4CCN(C)CC4)c23)c1. The molecule has 0 unspecified atom stereocenters. The summed E-state index contributed by atoms with van der Waals surface area (Å²) in [6.07, 6.45) is 1.46. The van der Waals surface area contributed by atoms with Crippen LogP contribution in [-0.2, 0) is 6.54 Å². The zero-order valence-corrected chi connectivity index (χ0v) is 17.5. The molecule has 0 aliphatic carbocycles. The third kappa shape index (κ3) is 3.74. The fourth-order valence-electron chi connectivity index (χ4n) is 3.88. The number of piperazine rings is 1. The summed E-state index contributed by atoms with van der Waals surface area (Å²) in [5.74, 6) is 0.938. The third-order valence-corrected chi connectivity index (χ3v) is 5.70. The quantitative estimate of drug-likeness (QED) is 0.626. The first-order chi connectivity index (χ1) is 14.5. The number of hydrogen-bond donors (Lipinski definition) is 1. The van der Waals surface area contributed by atoms with Crippen LogP contribution in [-0.4, -0.2) is 68.1 Å². The number of aromatic hydroxyl groups is 1. The molecule has 0 spiro atoms. The van der Waals surface area contributed by atoms with Gasteiger partial charge in [-0.15, -0.1) is 0 Å². The van der Waals surface area contributed by atoms with E-state index in [0.29, 0.717) is 45.7 Å². The van der Waals surface area contributed by atoms with Crippen molar-refractivity contribution < 1.29 is 23.8 Å². The molecule has 0 saturated carbocycles. The van der Waals surface area contributed by atoms with Gasteiger partial charge >= 0.3 is 0 Å². The maximum absolute atomic E-state index is 13.5. The Bertz CT molecular complexity index is 1070. The molecule has 1 aliphatic rings. The van der Waals surface area contributed by atoms with Gasteiger partial charge in [0.1, 0.15) is 29.1 Å². The molecule has 2 heterocycles. The molecule has 4 rings (SSSR count). The molecule has 158 valence electrons. The number of ketones is 1. The van der Waals surface area contributed by atoms with Crippen LogP contribution in [0, 0.1) is 0 Å². The molecule has 1 aliphatic heterocycles. The van der Waals surface area contributed by atoms with Crippen LogP contribution in [0.2, 0.25) is 0 Å². The number of fused-ring (bicyclic) bond motifs is 1. The average molecular weight is 410 g/mol. The number of benzene rings is 2. The average Bonchev–Trinajstić information content (AvgIpc) is 3.20. The van der Waals surface area contributed by atoms with E-state index in [1.807, 2.05) is 0 Å². The number of nitrogens with zero attached hydrogens (tertiary/aromatic N) is 2. The highest BCUT2D eigenvalue weighted by Crippen LogP contribution is 2.35. The van der Waals surface area contributed by atoms with E-state index in [9.17, 15) is 9.90 Å². The summed E-state index contributed by atoms with van der Waals surface area (Å²) in [4.78, 5) is 18.0. The number of ether oxygens (including phenoxy) is 2. The van der Waals surface area contributed by atoms with Crippen molar-refractivity contribution in [1.82, 2.24) is 9.80 Å². The molecule has 2 aromatic carbocycles. The monoisotopic (exact) mass is 410 g/mol. The van der Waals surface area contributed by atoms with Crippen molar-refractivity contribution >= 4 is 16.8 Å². The van der Waals surface area contributed by atoms with E-state index in [4.69, 9.17) is 13.9 Å². The van der Waals surface area contributed by atoms with E-state index in [0.717, 1.165) is 26.2 Å². The fraction of sp³-hybridized carbons (Fsp3) is 0.348. The Morgan fingerprint density at radius 1 is 1.07 bits per heavy atom. The first-order valence-electron chi connectivity index (χ1n) is 9.91. The van der Waals surface area contributed by atoms with Gasteiger partial charge < -0.3 is 23.9 Å². The van der Waals surface area contributed by atoms with Gasteiger partial charge in [0, 0.05) is 43.7 Å². The van der Waals surface area contributed by atoms with Gasteiger partial charge in [-0.3, -0.25) is 9.69 Å². The second kappa shape index (κ2) is 8.38. The van der Waals surface area contributed by atoms with Crippen LogP contribution < -0.4 is 9.47 Å². The van der Waals surface area contributed by atoms with Crippen LogP contribution >= 0.6 is 0 Å². The molecule has 7 heteroatoms. The van der Waals surface area contributed by atoms with E-state index in [2.05, 4.69) is 16.8 Å². The molecule has 1 aromatic heterocycles. The summed E-state index contributed by atoms with van der Waals surface area (Å²) in [6.45, 7) is 4.28. The molecule has 1 N–H and O–H groups in total. The Hall–Kier alpha value is -3.03. The van der Waals surface area contributed by atoms with Gasteiger partial charge in [-0.1, -0.05) is 0 Å². The van der Waals surface area contributed by atoms with Gasteiger partial charge in [0.15, 0.2) is 0 Å². The molecule has 0 radical (unpaired) electrons. The minimum atomic E-state index is -0.241. The predicted octanol–water partition coefficient (Wildman–Crippen LogP) is 3.13. The summed E-state index contributed by atoms with van der Waals surface area (Å²) in [5, 5.41) is 11.3. The second-order valence-electron chi connectivity index (χ2n) is 7.56. The molecule has 30 heavy (non-hydrogen) atoms. The van der Waals surface area contributed by atoms with Crippen LogP contribution in [0.3, 0.4) is 0 Å². The zero-order valence-electron chi connectivity index (χ0n) is 17.5. The van der Waals surface area contributed by atoms with Gasteiger partial charge in [0.25, 0.3) is 0 Å². The first-order valence-corrected chi connectivity index (χ1v) is 9.91. The summed E-state index contributed by atoms with van der Waals surface area (Å²) in [6, 6.07) is 8.42. The highest BCUT2D eigenvalue weighted by Gasteiger charge is 2.25. The number of rotatable bonds is 6. The minimum absolute atomic E-state index is 0.162. The topological polar surface area (TPSA) is 75.4 Å². The smallest absolute Gasteiger partial charge is 0.200 e. The van der Waals surface area contributed by atoms with Crippen molar-refractivity contribution in [2.24, 2.45) is 0 Å². The molecule has 1 fully saturated rings. The normalized spacial score (nSPS) is 15.4. The summed E-state index contributed by atoms with van der Waals surface area (Å²) in [5.41, 5.74) is 2.06. The maximum atomic E-state index is 13.5. The number of furan rings is 1. The van der Waals surface area contributed by atoms with Crippen molar-refractivity contribution in [3.63, 3.8) is 0 Å². The number of carbonyl (C=O) groups excluding carboxylic acids is 1. The lowest BCUT2D eigenvalue weighted by atomic mass is 9.97. The van der Waals surface area contributed by atoms with Crippen molar-refractivity contribution in [3.05, 3.63) is 53.3 Å². The lowest BCUT2D eigenvalue weighted by Crippen LogP contribution is -2.43. The lowest BCUT2D eigenvalue weighted by Gasteiger charge is -2.32. The van der Waals surface area contributed by atoms with E-state index in [1.165, 1.54) is 13.4 Å². The molecule has 3 aromatic rings. The molecule has 0 atom stereocenters. The Morgan fingerprint density at radius 3 is 2.53 bits per heavy atom. The molecule has 7 nitrogen and oxygen atoms in total. The zero-order chi connectivity index (χ0) is 21.3. The fourth-order valence-corrected chi connectivity index (χ4v) is 3.88. The number of methoxy groups -OCH3 is 2. The van der Waals surface area contributed by atoms with Crippen molar-refractivity contribution in [2.75, 3.05) is 47.4 Å². The van der Waals surface area contributed by atoms with Crippen molar-refractivity contribution in [1.29, 1.82) is 0 Å². The van der Waals surface area contributed by atoms with E-state index >= 15 is 0 Å². The minimum Gasteiger partial charge on any atom is -0.508 e. The standard InChI is InChI=1S/C23H26N2O5/c1-24-8-10-25(11-9-24)13-17-19(26)5-7-21-22(17)18(14-30-21)23(27)16-12-15(28-2)4-6-20(16)29-3/h4-7,12,14,26H,8-11,13H2,1-3H3. The highest BCUT2D eigenvalue weighted by molar-refractivity contribution is 6.18. The van der Waals surface area contributed by atoms with Gasteiger partial charge in [0.05, 0.1) is 25.3 Å². The largest absolute Gasteiger partial charge is 0.508 e. The van der Waals surface area contributed by atoms with Crippen LogP contribution in [0.1, 0.15) is 21.5 Å². The second-order valence-corrected chi connectivity index (χ2v) is 7.56. The summed E-state index contributed by atoms with van der Waals surface area (Å²) < 4.78 is 16.4. The number of phenolic OH excluding ortho intramolecular Hbond substituents is 1. The molecular formula is C23H26N2O5. The predicted molar refractivity (Wildman–Crippen MR) is 114 cm³/mol. The van der Waals surface area contributed by atoms with Crippen molar-refractivity contribution in [2.45, 2.75) is 6.54 Å². The van der Waals surface area contributed by atoms with E-state index in [-0.39, 0.29) is 11.5 Å². The molecule has 0 bridgehead atoms. The Labute approximate surface area is 175 Å². The van der Waals surface area contributed by atoms with Gasteiger partial charge in [-0.05, 0) is 37.4 Å². The summed E-state index contributed by atoms with van der Waals surface area (Å²) in [7, 11) is 5.18. The van der Waals surface area contributed by atoms with Gasteiger partial charge in [-0.2, -0.15) is 0 Å². The molecule has 0 amide bonds. The van der Waals surface area contributed by atoms with Gasteiger partial charge in [0.2, 0.25) is 5.78 Å². The van der Waals surface area contributed by atoms with Crippen LogP contribution in [0.5, 0.6) is 17.2 Å². The Balaban J connectivity index is 1.77. The number of phenols is 1. The first kappa shape index (κ1) is 20.3. The Morgan fingerprint density at radius 2 is 1.83 bits per heavy atom. The van der Waals surface area contributed by atoms with Crippen LogP contribution in [0.15, 0.2) is 41.0 Å². The van der Waals surface area contributed by atoms with E-state index < -0.39 is 0 Å². The third-order valence-electron chi connectivity index (χ3n) is 5.70. The lowest BCUT2D eigenvalue weighted by molar-refractivity contribution is 0.103. The maximum Gasteiger partial charge on any atom is 0.200 e. The van der Waals surface area contributed by atoms with Crippen LogP contribution in [0.25, 0.3) is 11.0 Å². The van der Waals surface area contributed by atoms with E-state index in [1.54, 1.807) is 37.4 Å². The number of hydrogen-bond acceptors (Lipinski definition) is 7. The highest BCUT2D eigenvalue weighted by atomic mass is 16.5. The molecule has 1 saturated heterocycles. The van der Waals surface area contributed by atoms with Gasteiger partial charge in [-0.25, -0.2) is 0 Å². The molecular weight excluding hydrogens is 384 g/mol. The van der Waals surface area contributed by atoms with Crippen LogP contribution in [0.4, 0.5) is 0 Å². The number of carbonyl (C=O) groups is 1.